The molecule has 3 saturated heterocycles. The summed E-state index contributed by atoms with van der Waals surface area (Å²) in [6, 6.07) is -2.25. The van der Waals surface area contributed by atoms with Crippen LogP contribution in [0.2, 0.25) is 0 Å². The highest BCUT2D eigenvalue weighted by atomic mass is 31.3. The Morgan fingerprint density at radius 2 is 1.36 bits per heavy atom. The number of hydrogen-bond donors (Lipinski definition) is 4. The van der Waals surface area contributed by atoms with Crippen LogP contribution in [0.3, 0.4) is 0 Å². The molecule has 0 aromatic carbocycles. The summed E-state index contributed by atoms with van der Waals surface area (Å²) in [7, 11) is 5.92. The Morgan fingerprint density at radius 1 is 0.800 bits per heavy atom. The van der Waals surface area contributed by atoms with Crippen molar-refractivity contribution in [2.75, 3.05) is 33.6 Å². The molecular weight excluding hydrogens is 681 g/mol. The van der Waals surface area contributed by atoms with Crippen molar-refractivity contribution in [3.63, 3.8) is 0 Å². The highest BCUT2D eigenvalue weighted by Gasteiger charge is 2.45. The third kappa shape index (κ3) is 13.2. The van der Waals surface area contributed by atoms with Gasteiger partial charge in [-0.1, -0.05) is 0 Å². The number of rotatable bonds is 18. The van der Waals surface area contributed by atoms with Crippen molar-refractivity contribution in [1.82, 2.24) is 0 Å². The van der Waals surface area contributed by atoms with Crippen molar-refractivity contribution in [2.24, 2.45) is 0 Å². The largest absolute Gasteiger partial charge is 0.481 e. The zero-order valence-electron chi connectivity index (χ0n) is 24.2. The molecule has 3 aliphatic rings. The molecule has 0 saturated carbocycles. The first-order valence-corrected chi connectivity index (χ1v) is 19.8. The Hall–Kier alpha value is 0.750. The minimum atomic E-state index is -5.39. The second-order valence-electron chi connectivity index (χ2n) is 10.3. The molecule has 3 aliphatic heterocycles. The molecule has 0 bridgehead atoms. The number of hydrogen-bond acceptors (Lipinski definition) is 14. The van der Waals surface area contributed by atoms with E-state index < -0.39 is 105 Å². The van der Waals surface area contributed by atoms with E-state index in [1.54, 1.807) is 0 Å². The van der Waals surface area contributed by atoms with Crippen molar-refractivity contribution in [2.45, 2.75) is 73.9 Å². The number of phosphoric acid groups is 3. The summed E-state index contributed by atoms with van der Waals surface area (Å²) < 4.78 is 101. The lowest BCUT2D eigenvalue weighted by molar-refractivity contribution is -0.0336. The Labute approximate surface area is 266 Å². The van der Waals surface area contributed by atoms with E-state index in [2.05, 4.69) is 8.83 Å². The molecule has 0 aliphatic carbocycles. The Kier molecular flexibility index (Phi) is 14.9. The molecule has 4 N–H and O–H groups in total. The topological polar surface area (TPSA) is 241 Å². The minimum Gasteiger partial charge on any atom is -0.380 e. The molecule has 3 heterocycles. The van der Waals surface area contributed by atoms with Gasteiger partial charge in [0.05, 0.1) is 51.8 Å². The van der Waals surface area contributed by atoms with Gasteiger partial charge in [-0.05, 0) is 19.3 Å². The molecule has 0 aromatic rings. The number of methoxy groups -OCH3 is 1. The maximum Gasteiger partial charge on any atom is 0.481 e. The molecule has 0 spiro atoms. The summed E-state index contributed by atoms with van der Waals surface area (Å²) in [5.41, 5.74) is 0. The average molecular weight is 712 g/mol. The molecular formula is C17H31B6O18P4. The lowest BCUT2D eigenvalue weighted by atomic mass is 9.16. The van der Waals surface area contributed by atoms with Crippen LogP contribution in [0, 0.1) is 0 Å². The average Bonchev–Trinajstić information content (AvgIpc) is 3.59. The van der Waals surface area contributed by atoms with Crippen molar-refractivity contribution < 1.29 is 83.7 Å². The number of ether oxygens (including phenoxy) is 4. The molecule has 28 heteroatoms. The van der Waals surface area contributed by atoms with Crippen LogP contribution in [0.5, 0.6) is 0 Å². The Balaban J connectivity index is 1.59. The molecule has 9 radical (unpaired) electrons. The third-order valence-corrected chi connectivity index (χ3v) is 11.2. The van der Waals surface area contributed by atoms with Crippen LogP contribution in [0.15, 0.2) is 0 Å². The predicted molar refractivity (Wildman–Crippen MR) is 159 cm³/mol. The fourth-order valence-electron chi connectivity index (χ4n) is 4.71. The summed E-state index contributed by atoms with van der Waals surface area (Å²) >= 11 is 0. The lowest BCUT2D eigenvalue weighted by Gasteiger charge is -2.26. The van der Waals surface area contributed by atoms with Crippen molar-refractivity contribution >= 4 is 75.8 Å². The fraction of sp³-hybridized carbons (Fsp3) is 1.00. The van der Waals surface area contributed by atoms with Crippen LogP contribution in [-0.4, -0.2) is 153 Å². The first-order valence-electron chi connectivity index (χ1n) is 13.3. The third-order valence-electron chi connectivity index (χ3n) is 6.72. The van der Waals surface area contributed by atoms with Gasteiger partial charge in [-0.2, -0.15) is 4.31 Å². The summed E-state index contributed by atoms with van der Waals surface area (Å²) in [6.45, 7) is -1.63. The second kappa shape index (κ2) is 16.6. The monoisotopic (exact) mass is 713 g/mol. The highest BCUT2D eigenvalue weighted by Crippen LogP contribution is 2.58. The predicted octanol–water partition coefficient (Wildman–Crippen LogP) is -1.34. The summed E-state index contributed by atoms with van der Waals surface area (Å²) in [5, 5.41) is 0. The SMILES string of the molecule is [B][B]C1CC(OP(=O)(O)OCC2OC([B])CC2OC)C(COP(C)(=O)OC2CC(B([B])[B])OC2COP(=O)(O)OP(=O)(O)O)O1. The molecule has 3 rings (SSSR count). The van der Waals surface area contributed by atoms with Gasteiger partial charge in [-0.15, -0.1) is 0 Å². The molecule has 0 amide bonds. The molecule has 3 fully saturated rings. The van der Waals surface area contributed by atoms with Gasteiger partial charge in [0.25, 0.3) is 0 Å². The van der Waals surface area contributed by atoms with E-state index in [-0.39, 0.29) is 19.4 Å². The molecule has 45 heavy (non-hydrogen) atoms. The quantitative estimate of drug-likeness (QED) is 0.0950. The molecule has 12 atom stereocenters. The summed E-state index contributed by atoms with van der Waals surface area (Å²) in [5.74, 6) is 0. The molecule has 0 aromatic heterocycles. The van der Waals surface area contributed by atoms with Crippen LogP contribution in [0.1, 0.15) is 19.3 Å². The van der Waals surface area contributed by atoms with Crippen LogP contribution < -0.4 is 0 Å². The fourth-order valence-corrected chi connectivity index (χ4v) is 8.46. The standard InChI is InChI=1S/C17H31B6O18P4/c1-32-9-3-15(18)36-12(9)7-34-44(28,29)40-10-4-16(22-19)37-13(10)6-33-42(2,24)39-11-5-17(23(20)21)38-14(11)8-35-45(30,31)41-43(25,26)27/h9-17H,3-8H2,1-2H3,(H,28,29)(H,30,31)(H2,25,26,27). The van der Waals surface area contributed by atoms with Crippen molar-refractivity contribution in [1.29, 1.82) is 0 Å². The van der Waals surface area contributed by atoms with E-state index in [0.717, 1.165) is 6.66 Å². The van der Waals surface area contributed by atoms with Crippen LogP contribution in [-0.2, 0) is 64.1 Å². The lowest BCUT2D eigenvalue weighted by Crippen LogP contribution is -2.33. The van der Waals surface area contributed by atoms with E-state index in [1.807, 2.05) is 0 Å². The van der Waals surface area contributed by atoms with E-state index >= 15 is 0 Å². The Bertz CT molecular complexity index is 1170. The van der Waals surface area contributed by atoms with Crippen LogP contribution in [0.25, 0.3) is 0 Å². The van der Waals surface area contributed by atoms with Gasteiger partial charge < -0.3 is 47.6 Å². The summed E-state index contributed by atoms with van der Waals surface area (Å²) in [6.07, 6.45) is -5.49. The van der Waals surface area contributed by atoms with E-state index in [0.29, 0.717) is 6.42 Å². The van der Waals surface area contributed by atoms with Gasteiger partial charge in [-0.25, -0.2) is 13.7 Å². The highest BCUT2D eigenvalue weighted by molar-refractivity contribution is 7.60. The van der Waals surface area contributed by atoms with Crippen molar-refractivity contribution in [3.8, 4) is 0 Å². The second-order valence-corrected chi connectivity index (χ2v) is 16.6. The van der Waals surface area contributed by atoms with Crippen molar-refractivity contribution in [3.05, 3.63) is 0 Å². The van der Waals surface area contributed by atoms with Gasteiger partial charge in [0.2, 0.25) is 0 Å². The first-order chi connectivity index (χ1) is 20.7. The van der Waals surface area contributed by atoms with E-state index in [4.69, 9.17) is 77.9 Å². The molecule has 18 nitrogen and oxygen atoms in total. The molecule has 12 unspecified atom stereocenters. The van der Waals surface area contributed by atoms with Gasteiger partial charge in [0.1, 0.15) is 26.2 Å². The molecule has 245 valence electrons. The number of phosphoric ester groups is 2. The zero-order chi connectivity index (χ0) is 33.8. The maximum atomic E-state index is 13.3. The Morgan fingerprint density at radius 3 is 1.93 bits per heavy atom. The van der Waals surface area contributed by atoms with Gasteiger partial charge in [-0.3, -0.25) is 18.1 Å². The van der Waals surface area contributed by atoms with Gasteiger partial charge in [0.15, 0.2) is 0 Å². The maximum absolute atomic E-state index is 13.3. The van der Waals surface area contributed by atoms with Crippen LogP contribution >= 0.6 is 31.1 Å². The van der Waals surface area contributed by atoms with Gasteiger partial charge >= 0.3 is 31.1 Å². The van der Waals surface area contributed by atoms with E-state index in [9.17, 15) is 28.0 Å². The van der Waals surface area contributed by atoms with Crippen LogP contribution in [0.4, 0.5) is 0 Å². The first kappa shape index (κ1) is 40.2. The van der Waals surface area contributed by atoms with E-state index in [1.165, 1.54) is 14.3 Å². The normalized spacial score (nSPS) is 36.3. The minimum absolute atomic E-state index is 0.0165. The zero-order valence-corrected chi connectivity index (χ0v) is 27.8. The summed E-state index contributed by atoms with van der Waals surface area (Å²) in [4.78, 5) is 37.5. The smallest absolute Gasteiger partial charge is 0.380 e. The van der Waals surface area contributed by atoms with Gasteiger partial charge in [0, 0.05) is 55.0 Å².